The lowest BCUT2D eigenvalue weighted by Crippen LogP contribution is -2.30. The van der Waals surface area contributed by atoms with Gasteiger partial charge in [0.1, 0.15) is 17.1 Å². The monoisotopic (exact) mass is 433 g/mol. The summed E-state index contributed by atoms with van der Waals surface area (Å²) in [5.74, 6) is 0.0866. The molecule has 1 amide bonds. The molecule has 2 aromatic heterocycles. The van der Waals surface area contributed by atoms with Crippen LogP contribution in [0.1, 0.15) is 6.92 Å². The maximum atomic E-state index is 12.5. The van der Waals surface area contributed by atoms with Crippen molar-refractivity contribution in [2.75, 3.05) is 5.32 Å². The third kappa shape index (κ3) is 3.94. The van der Waals surface area contributed by atoms with Crippen molar-refractivity contribution in [1.29, 1.82) is 0 Å². The molecule has 1 N–H and O–H groups in total. The summed E-state index contributed by atoms with van der Waals surface area (Å²) >= 11 is 13.4. The fraction of sp³-hybridized carbons (Fsp3) is 0.111. The Balaban J connectivity index is 1.47. The molecule has 0 aliphatic heterocycles. The molecule has 0 spiro atoms. The van der Waals surface area contributed by atoms with E-state index in [2.05, 4.69) is 20.6 Å². The number of nitrogens with zero attached hydrogens (tertiary/aromatic N) is 4. The van der Waals surface area contributed by atoms with Crippen molar-refractivity contribution in [1.82, 2.24) is 19.8 Å². The number of hydrogen-bond donors (Lipinski definition) is 1. The van der Waals surface area contributed by atoms with E-state index >= 15 is 0 Å². The van der Waals surface area contributed by atoms with Gasteiger partial charge in [0.15, 0.2) is 6.10 Å². The standard InChI is InChI=1S/C18H13Cl2N5O2S/c1-10(27-15-6-5-12(19)8-14(15)20)16(26)22-13-4-2-3-11(7-13)17-24-25-9-21-23-18(25)28-17/h2-10H,1H3,(H,22,26)/t10-/m1/s1. The second-order valence-electron chi connectivity index (χ2n) is 5.87. The van der Waals surface area contributed by atoms with Gasteiger partial charge in [-0.1, -0.05) is 46.7 Å². The summed E-state index contributed by atoms with van der Waals surface area (Å²) in [5, 5.41) is 16.6. The highest BCUT2D eigenvalue weighted by molar-refractivity contribution is 7.19. The zero-order valence-corrected chi connectivity index (χ0v) is 16.8. The topological polar surface area (TPSA) is 81.4 Å². The van der Waals surface area contributed by atoms with E-state index in [-0.39, 0.29) is 5.91 Å². The van der Waals surface area contributed by atoms with E-state index < -0.39 is 6.10 Å². The number of nitrogens with one attached hydrogen (secondary N) is 1. The van der Waals surface area contributed by atoms with E-state index in [0.29, 0.717) is 26.4 Å². The summed E-state index contributed by atoms with van der Waals surface area (Å²) in [5.41, 5.74) is 1.49. The van der Waals surface area contributed by atoms with Crippen LogP contribution in [0.15, 0.2) is 48.8 Å². The Morgan fingerprint density at radius 2 is 2.11 bits per heavy atom. The minimum Gasteiger partial charge on any atom is -0.479 e. The largest absolute Gasteiger partial charge is 0.479 e. The minimum absolute atomic E-state index is 0.304. The fourth-order valence-corrected chi connectivity index (χ4v) is 3.73. The number of carbonyl (C=O) groups is 1. The van der Waals surface area contributed by atoms with Crippen molar-refractivity contribution in [2.24, 2.45) is 0 Å². The number of fused-ring (bicyclic) bond motifs is 1. The Kier molecular flexibility index (Phi) is 5.17. The van der Waals surface area contributed by atoms with Gasteiger partial charge in [0.05, 0.1) is 5.02 Å². The molecule has 4 rings (SSSR count). The first-order chi connectivity index (χ1) is 13.5. The van der Waals surface area contributed by atoms with Crippen LogP contribution in [-0.4, -0.2) is 31.8 Å². The Bertz CT molecular complexity index is 1130. The van der Waals surface area contributed by atoms with Crippen LogP contribution < -0.4 is 10.1 Å². The molecule has 0 fully saturated rings. The zero-order chi connectivity index (χ0) is 19.7. The van der Waals surface area contributed by atoms with Crippen molar-refractivity contribution in [3.05, 3.63) is 58.8 Å². The maximum Gasteiger partial charge on any atom is 0.265 e. The molecule has 1 atom stereocenters. The maximum absolute atomic E-state index is 12.5. The van der Waals surface area contributed by atoms with E-state index in [4.69, 9.17) is 27.9 Å². The Morgan fingerprint density at radius 1 is 1.25 bits per heavy atom. The molecule has 7 nitrogen and oxygen atoms in total. The molecule has 10 heteroatoms. The molecule has 0 unspecified atom stereocenters. The zero-order valence-electron chi connectivity index (χ0n) is 14.5. The van der Waals surface area contributed by atoms with Gasteiger partial charge in [-0.2, -0.15) is 9.61 Å². The Labute approximate surface area is 173 Å². The number of halogens is 2. The molecule has 142 valence electrons. The summed E-state index contributed by atoms with van der Waals surface area (Å²) in [6, 6.07) is 12.2. The summed E-state index contributed by atoms with van der Waals surface area (Å²) in [7, 11) is 0. The second kappa shape index (κ2) is 7.75. The van der Waals surface area contributed by atoms with Gasteiger partial charge in [0.2, 0.25) is 4.96 Å². The van der Waals surface area contributed by atoms with Crippen LogP contribution in [0.4, 0.5) is 5.69 Å². The van der Waals surface area contributed by atoms with Gasteiger partial charge >= 0.3 is 0 Å². The van der Waals surface area contributed by atoms with E-state index in [9.17, 15) is 4.79 Å². The van der Waals surface area contributed by atoms with Crippen molar-refractivity contribution in [3.8, 4) is 16.3 Å². The van der Waals surface area contributed by atoms with Gasteiger partial charge in [-0.3, -0.25) is 4.79 Å². The van der Waals surface area contributed by atoms with Gasteiger partial charge in [0.25, 0.3) is 5.91 Å². The highest BCUT2D eigenvalue weighted by atomic mass is 35.5. The first-order valence-corrected chi connectivity index (χ1v) is 9.77. The van der Waals surface area contributed by atoms with Crippen molar-refractivity contribution in [2.45, 2.75) is 13.0 Å². The van der Waals surface area contributed by atoms with E-state index in [1.807, 2.05) is 18.2 Å². The first-order valence-electron chi connectivity index (χ1n) is 8.19. The SMILES string of the molecule is C[C@@H](Oc1ccc(Cl)cc1Cl)C(=O)Nc1cccc(-c2nn3cnnc3s2)c1. The smallest absolute Gasteiger partial charge is 0.265 e. The van der Waals surface area contributed by atoms with Crippen LogP contribution in [0.2, 0.25) is 10.0 Å². The second-order valence-corrected chi connectivity index (χ2v) is 7.67. The van der Waals surface area contributed by atoms with Crippen LogP contribution in [0.25, 0.3) is 15.5 Å². The van der Waals surface area contributed by atoms with E-state index in [0.717, 1.165) is 10.6 Å². The molecule has 0 radical (unpaired) electrons. The number of hydrogen-bond acceptors (Lipinski definition) is 6. The van der Waals surface area contributed by atoms with Crippen LogP contribution >= 0.6 is 34.5 Å². The van der Waals surface area contributed by atoms with Gasteiger partial charge in [-0.25, -0.2) is 0 Å². The van der Waals surface area contributed by atoms with E-state index in [1.165, 1.54) is 11.3 Å². The van der Waals surface area contributed by atoms with E-state index in [1.54, 1.807) is 42.0 Å². The number of benzene rings is 2. The lowest BCUT2D eigenvalue weighted by Gasteiger charge is -2.16. The summed E-state index contributed by atoms with van der Waals surface area (Å²) in [6.07, 6.45) is 0.790. The summed E-state index contributed by atoms with van der Waals surface area (Å²) < 4.78 is 7.26. The van der Waals surface area contributed by atoms with Crippen LogP contribution in [0, 0.1) is 0 Å². The first kappa shape index (κ1) is 18.7. The molecular formula is C18H13Cl2N5O2S. The lowest BCUT2D eigenvalue weighted by atomic mass is 10.2. The number of aromatic nitrogens is 4. The van der Waals surface area contributed by atoms with Gasteiger partial charge in [0, 0.05) is 16.3 Å². The van der Waals surface area contributed by atoms with Crippen molar-refractivity contribution in [3.63, 3.8) is 0 Å². The molecule has 0 saturated heterocycles. The third-order valence-electron chi connectivity index (χ3n) is 3.83. The highest BCUT2D eigenvalue weighted by Crippen LogP contribution is 2.29. The average Bonchev–Trinajstić information content (AvgIpc) is 3.26. The predicted octanol–water partition coefficient (Wildman–Crippen LogP) is 4.57. The molecule has 28 heavy (non-hydrogen) atoms. The number of amides is 1. The molecule has 0 bridgehead atoms. The number of ether oxygens (including phenoxy) is 1. The molecule has 0 aliphatic carbocycles. The molecule has 0 aliphatic rings. The highest BCUT2D eigenvalue weighted by Gasteiger charge is 2.17. The molecule has 0 saturated carbocycles. The number of carbonyl (C=O) groups excluding carboxylic acids is 1. The van der Waals surface area contributed by atoms with Crippen molar-refractivity contribution >= 4 is 51.1 Å². The lowest BCUT2D eigenvalue weighted by molar-refractivity contribution is -0.122. The number of rotatable bonds is 5. The normalized spacial score (nSPS) is 12.1. The Morgan fingerprint density at radius 3 is 2.89 bits per heavy atom. The van der Waals surface area contributed by atoms with Crippen LogP contribution in [0.3, 0.4) is 0 Å². The van der Waals surface area contributed by atoms with Crippen molar-refractivity contribution < 1.29 is 9.53 Å². The fourth-order valence-electron chi connectivity index (χ4n) is 2.47. The summed E-state index contributed by atoms with van der Waals surface area (Å²) in [6.45, 7) is 1.65. The predicted molar refractivity (Wildman–Crippen MR) is 109 cm³/mol. The van der Waals surface area contributed by atoms with Crippen LogP contribution in [0.5, 0.6) is 5.75 Å². The third-order valence-corrected chi connectivity index (χ3v) is 5.32. The minimum atomic E-state index is -0.753. The van der Waals surface area contributed by atoms with Gasteiger partial charge in [-0.05, 0) is 37.3 Å². The molecule has 4 aromatic rings. The Hall–Kier alpha value is -2.68. The molecular weight excluding hydrogens is 421 g/mol. The quantitative estimate of drug-likeness (QED) is 0.498. The number of anilines is 1. The molecule has 2 aromatic carbocycles. The van der Waals surface area contributed by atoms with Gasteiger partial charge < -0.3 is 10.1 Å². The van der Waals surface area contributed by atoms with Crippen LogP contribution in [-0.2, 0) is 4.79 Å². The molecule has 2 heterocycles. The summed E-state index contributed by atoms with van der Waals surface area (Å²) in [4.78, 5) is 13.2. The van der Waals surface area contributed by atoms with Gasteiger partial charge in [-0.15, -0.1) is 10.2 Å². The average molecular weight is 434 g/mol.